The summed E-state index contributed by atoms with van der Waals surface area (Å²) < 4.78 is 0. The second kappa shape index (κ2) is 8.33. The van der Waals surface area contributed by atoms with Gasteiger partial charge in [-0.15, -0.1) is 0 Å². The molecule has 3 aromatic rings. The molecular weight excluding hydrogens is 365 g/mol. The number of carbonyl (C=O) groups excluding carboxylic acids is 1. The van der Waals surface area contributed by atoms with E-state index < -0.39 is 7.12 Å². The molecule has 1 aromatic heterocycles. The largest absolute Gasteiger partial charge is 0.490 e. The zero-order valence-corrected chi connectivity index (χ0v) is 16.3. The van der Waals surface area contributed by atoms with Crippen LogP contribution in [0.25, 0.3) is 10.9 Å². The third kappa shape index (κ3) is 4.17. The van der Waals surface area contributed by atoms with E-state index in [-0.39, 0.29) is 5.91 Å². The van der Waals surface area contributed by atoms with E-state index in [1.54, 1.807) is 24.3 Å². The first kappa shape index (κ1) is 19.6. The van der Waals surface area contributed by atoms with Gasteiger partial charge in [0.15, 0.2) is 0 Å². The Morgan fingerprint density at radius 2 is 1.93 bits per heavy atom. The molecule has 29 heavy (non-hydrogen) atoms. The lowest BCUT2D eigenvalue weighted by Gasteiger charge is -2.32. The molecule has 0 unspecified atom stereocenters. The van der Waals surface area contributed by atoms with Gasteiger partial charge in [-0.1, -0.05) is 24.3 Å². The monoisotopic (exact) mass is 390 g/mol. The van der Waals surface area contributed by atoms with E-state index in [0.717, 1.165) is 43.4 Å². The minimum Gasteiger partial charge on any atom is -0.423 e. The van der Waals surface area contributed by atoms with Crippen molar-refractivity contribution in [3.05, 3.63) is 71.4 Å². The number of rotatable bonds is 4. The minimum absolute atomic E-state index is 0.00630. The Labute approximate surface area is 170 Å². The van der Waals surface area contributed by atoms with Gasteiger partial charge < -0.3 is 20.7 Å². The summed E-state index contributed by atoms with van der Waals surface area (Å²) in [7, 11) is -1.58. The van der Waals surface area contributed by atoms with Crippen molar-refractivity contribution in [3.8, 4) is 0 Å². The molecular formula is C22H25BN3O3+. The Morgan fingerprint density at radius 3 is 2.66 bits per heavy atom. The Bertz CT molecular complexity index is 1030. The summed E-state index contributed by atoms with van der Waals surface area (Å²) in [6, 6.07) is 15.6. The number of benzene rings is 2. The van der Waals surface area contributed by atoms with Crippen molar-refractivity contribution in [3.63, 3.8) is 0 Å². The average Bonchev–Trinajstić information content (AvgIpc) is 2.78. The van der Waals surface area contributed by atoms with Crippen molar-refractivity contribution in [2.45, 2.75) is 25.3 Å². The van der Waals surface area contributed by atoms with E-state index in [0.29, 0.717) is 16.9 Å². The van der Waals surface area contributed by atoms with E-state index >= 15 is 0 Å². The lowest BCUT2D eigenvalue weighted by molar-refractivity contribution is -0.386. The molecule has 0 bridgehead atoms. The van der Waals surface area contributed by atoms with E-state index in [2.05, 4.69) is 35.0 Å². The quantitative estimate of drug-likeness (QED) is 0.570. The van der Waals surface area contributed by atoms with Crippen LogP contribution in [0.3, 0.4) is 0 Å². The van der Waals surface area contributed by atoms with Crippen LogP contribution in [-0.4, -0.2) is 46.0 Å². The molecule has 0 aliphatic carbocycles. The highest BCUT2D eigenvalue weighted by molar-refractivity contribution is 6.58. The normalized spacial score (nSPS) is 14.9. The van der Waals surface area contributed by atoms with Crippen LogP contribution in [0.2, 0.25) is 0 Å². The van der Waals surface area contributed by atoms with Gasteiger partial charge in [-0.25, -0.2) is 0 Å². The SMILES string of the molecule is [NH3+]Cc1cccc(C2CCN(C(=O)c3ccc4ncc(B(O)O)cc4c3)CC2)c1. The van der Waals surface area contributed by atoms with Gasteiger partial charge in [0.1, 0.15) is 0 Å². The fourth-order valence-electron chi connectivity index (χ4n) is 4.02. The predicted molar refractivity (Wildman–Crippen MR) is 112 cm³/mol. The molecule has 6 nitrogen and oxygen atoms in total. The number of likely N-dealkylation sites (tertiary alicyclic amines) is 1. The standard InChI is InChI=1S/C22H24BN3O3/c24-13-15-2-1-3-17(10-15)16-6-8-26(9-7-16)22(27)18-4-5-21-19(11-18)12-20(14-25-21)23(28)29/h1-5,10-12,14,16,28-29H,6-9,13,24H2/p+1. The Morgan fingerprint density at radius 1 is 1.14 bits per heavy atom. The van der Waals surface area contributed by atoms with Crippen LogP contribution in [0.5, 0.6) is 0 Å². The Hall–Kier alpha value is -2.74. The van der Waals surface area contributed by atoms with Crippen LogP contribution in [0, 0.1) is 0 Å². The predicted octanol–water partition coefficient (Wildman–Crippen LogP) is 0.676. The highest BCUT2D eigenvalue weighted by Crippen LogP contribution is 2.29. The van der Waals surface area contributed by atoms with Gasteiger partial charge in [0, 0.05) is 41.3 Å². The fourth-order valence-corrected chi connectivity index (χ4v) is 4.02. The molecule has 0 atom stereocenters. The number of aromatic nitrogens is 1. The number of fused-ring (bicyclic) bond motifs is 1. The molecule has 4 rings (SSSR count). The number of quaternary nitrogens is 1. The first-order valence-corrected chi connectivity index (χ1v) is 9.98. The fraction of sp³-hybridized carbons (Fsp3) is 0.273. The molecule has 1 saturated heterocycles. The number of carbonyl (C=O) groups is 1. The van der Waals surface area contributed by atoms with Crippen LogP contribution < -0.4 is 11.2 Å². The van der Waals surface area contributed by atoms with Gasteiger partial charge in [-0.2, -0.15) is 0 Å². The summed E-state index contributed by atoms with van der Waals surface area (Å²) in [5, 5.41) is 19.4. The number of nitrogens with zero attached hydrogens (tertiary/aromatic N) is 2. The zero-order valence-electron chi connectivity index (χ0n) is 16.3. The molecule has 1 fully saturated rings. The van der Waals surface area contributed by atoms with Gasteiger partial charge in [0.05, 0.1) is 12.1 Å². The van der Waals surface area contributed by atoms with Crippen molar-refractivity contribution in [1.29, 1.82) is 0 Å². The lowest BCUT2D eigenvalue weighted by Crippen LogP contribution is -2.47. The van der Waals surface area contributed by atoms with Gasteiger partial charge in [-0.3, -0.25) is 9.78 Å². The molecule has 148 valence electrons. The maximum atomic E-state index is 13.0. The van der Waals surface area contributed by atoms with Gasteiger partial charge in [0.25, 0.3) is 5.91 Å². The third-order valence-electron chi connectivity index (χ3n) is 5.74. The molecule has 2 heterocycles. The molecule has 1 aliphatic heterocycles. The molecule has 1 aliphatic rings. The van der Waals surface area contributed by atoms with E-state index in [1.165, 1.54) is 17.3 Å². The highest BCUT2D eigenvalue weighted by atomic mass is 16.4. The molecule has 1 amide bonds. The molecule has 0 radical (unpaired) electrons. The van der Waals surface area contributed by atoms with Crippen molar-refractivity contribution >= 4 is 29.4 Å². The van der Waals surface area contributed by atoms with Gasteiger partial charge >= 0.3 is 7.12 Å². The number of piperidine rings is 1. The zero-order chi connectivity index (χ0) is 20.4. The summed E-state index contributed by atoms with van der Waals surface area (Å²) in [6.45, 7) is 2.24. The number of amides is 1. The van der Waals surface area contributed by atoms with Crippen LogP contribution >= 0.6 is 0 Å². The van der Waals surface area contributed by atoms with Crippen LogP contribution in [0.1, 0.15) is 40.2 Å². The maximum Gasteiger partial charge on any atom is 0.490 e. The van der Waals surface area contributed by atoms with Gasteiger partial charge in [0.2, 0.25) is 0 Å². The van der Waals surface area contributed by atoms with E-state index in [4.69, 9.17) is 0 Å². The van der Waals surface area contributed by atoms with Crippen molar-refractivity contribution in [2.75, 3.05) is 13.1 Å². The second-order valence-electron chi connectivity index (χ2n) is 7.61. The smallest absolute Gasteiger partial charge is 0.423 e. The summed E-state index contributed by atoms with van der Waals surface area (Å²) in [4.78, 5) is 19.1. The van der Waals surface area contributed by atoms with E-state index in [9.17, 15) is 14.8 Å². The summed E-state index contributed by atoms with van der Waals surface area (Å²) in [5.74, 6) is 0.478. The molecule has 2 aromatic carbocycles. The molecule has 0 spiro atoms. The summed E-state index contributed by atoms with van der Waals surface area (Å²) in [5.41, 5.74) is 8.18. The topological polar surface area (TPSA) is 101 Å². The van der Waals surface area contributed by atoms with Crippen LogP contribution in [0.15, 0.2) is 54.7 Å². The number of hydrogen-bond donors (Lipinski definition) is 3. The Kier molecular flexibility index (Phi) is 5.62. The number of pyridine rings is 1. The van der Waals surface area contributed by atoms with Crippen LogP contribution in [-0.2, 0) is 6.54 Å². The van der Waals surface area contributed by atoms with Crippen molar-refractivity contribution in [1.82, 2.24) is 9.88 Å². The molecule has 7 heteroatoms. The molecule has 0 saturated carbocycles. The maximum absolute atomic E-state index is 13.0. The Balaban J connectivity index is 1.47. The number of hydrogen-bond acceptors (Lipinski definition) is 4. The van der Waals surface area contributed by atoms with Crippen LogP contribution in [0.4, 0.5) is 0 Å². The van der Waals surface area contributed by atoms with E-state index in [1.807, 2.05) is 4.90 Å². The third-order valence-corrected chi connectivity index (χ3v) is 5.74. The van der Waals surface area contributed by atoms with Gasteiger partial charge in [-0.05, 0) is 48.6 Å². The summed E-state index contributed by atoms with van der Waals surface area (Å²) >= 11 is 0. The molecule has 5 N–H and O–H groups in total. The minimum atomic E-state index is -1.58. The first-order chi connectivity index (χ1) is 14.0. The lowest BCUT2D eigenvalue weighted by atomic mass is 9.81. The second-order valence-corrected chi connectivity index (χ2v) is 7.61. The first-order valence-electron chi connectivity index (χ1n) is 9.98. The summed E-state index contributed by atoms with van der Waals surface area (Å²) in [6.07, 6.45) is 3.33. The van der Waals surface area contributed by atoms with Crippen molar-refractivity contribution in [2.24, 2.45) is 0 Å². The average molecular weight is 390 g/mol. The van der Waals surface area contributed by atoms with Crippen molar-refractivity contribution < 1.29 is 20.6 Å². The highest BCUT2D eigenvalue weighted by Gasteiger charge is 2.25.